The van der Waals surface area contributed by atoms with E-state index in [-0.39, 0.29) is 30.0 Å². The number of amides is 1. The molecule has 2 aromatic carbocycles. The van der Waals surface area contributed by atoms with E-state index in [1.165, 1.54) is 0 Å². The van der Waals surface area contributed by atoms with Crippen LogP contribution in [0.4, 0.5) is 17.7 Å². The van der Waals surface area contributed by atoms with Gasteiger partial charge in [-0.25, -0.2) is 15.0 Å². The molecule has 11 nitrogen and oxygen atoms in total. The van der Waals surface area contributed by atoms with Gasteiger partial charge in [-0.1, -0.05) is 53.6 Å². The average Bonchev–Trinajstić information content (AvgIpc) is 3.53. The van der Waals surface area contributed by atoms with Gasteiger partial charge in [-0.2, -0.15) is 0 Å². The molecule has 38 heavy (non-hydrogen) atoms. The highest BCUT2D eigenvalue weighted by Crippen LogP contribution is 2.29. The van der Waals surface area contributed by atoms with Crippen molar-refractivity contribution in [2.24, 2.45) is 4.99 Å². The first kappa shape index (κ1) is 22.5. The van der Waals surface area contributed by atoms with E-state index in [1.807, 2.05) is 54.6 Å². The van der Waals surface area contributed by atoms with Crippen LogP contribution in [0.1, 0.15) is 24.0 Å². The highest BCUT2D eigenvalue weighted by atomic mass is 16.5. The second-order valence-electron chi connectivity index (χ2n) is 9.47. The van der Waals surface area contributed by atoms with E-state index in [2.05, 4.69) is 35.7 Å². The molecule has 0 radical (unpaired) electrons. The monoisotopic (exact) mass is 508 g/mol. The number of anilines is 3. The predicted octanol–water partition coefficient (Wildman–Crippen LogP) is 3.12. The van der Waals surface area contributed by atoms with Crippen LogP contribution >= 0.6 is 0 Å². The topological polar surface area (TPSA) is 131 Å². The number of benzene rings is 2. The molecule has 2 bridgehead atoms. The lowest BCUT2D eigenvalue weighted by molar-refractivity contribution is -0.116. The maximum absolute atomic E-state index is 13.1. The first-order valence-corrected chi connectivity index (χ1v) is 12.6. The van der Waals surface area contributed by atoms with Crippen LogP contribution in [-0.4, -0.2) is 63.2 Å². The SMILES string of the molecule is O=C1Nc2ccccc2C(c2ccccc2)=N[C@@H]1Nc1nnc(-c2cnc(N3CC4CCC(C3)O4)nc2)o1. The van der Waals surface area contributed by atoms with Crippen molar-refractivity contribution >= 4 is 29.3 Å². The maximum atomic E-state index is 13.1. The molecule has 2 N–H and O–H groups in total. The largest absolute Gasteiger partial charge is 0.403 e. The number of carbonyl (C=O) groups is 1. The first-order chi connectivity index (χ1) is 18.7. The molecule has 0 saturated carbocycles. The minimum absolute atomic E-state index is 0.0658. The Balaban J connectivity index is 1.12. The molecular formula is C27H24N8O3. The number of fused-ring (bicyclic) bond motifs is 3. The van der Waals surface area contributed by atoms with Crippen molar-refractivity contribution in [2.45, 2.75) is 31.2 Å². The summed E-state index contributed by atoms with van der Waals surface area (Å²) in [6, 6.07) is 17.4. The molecule has 2 saturated heterocycles. The lowest BCUT2D eigenvalue weighted by Gasteiger charge is -2.31. The lowest BCUT2D eigenvalue weighted by Crippen LogP contribution is -2.43. The Hall–Kier alpha value is -4.64. The fraction of sp³-hybridized carbons (Fsp3) is 0.259. The minimum atomic E-state index is -0.985. The van der Waals surface area contributed by atoms with Crippen molar-refractivity contribution in [3.05, 3.63) is 78.1 Å². The number of aromatic nitrogens is 4. The smallest absolute Gasteiger partial charge is 0.317 e. The molecular weight excluding hydrogens is 484 g/mol. The van der Waals surface area contributed by atoms with Crippen molar-refractivity contribution in [1.29, 1.82) is 0 Å². The number of nitrogens with one attached hydrogen (secondary N) is 2. The highest BCUT2D eigenvalue weighted by Gasteiger charge is 2.34. The summed E-state index contributed by atoms with van der Waals surface area (Å²) in [5, 5.41) is 14.1. The summed E-state index contributed by atoms with van der Waals surface area (Å²) in [7, 11) is 0. The molecule has 11 heteroatoms. The number of benzodiazepines with no additional fused rings is 1. The Morgan fingerprint density at radius 3 is 2.42 bits per heavy atom. The fourth-order valence-electron chi connectivity index (χ4n) is 5.07. The van der Waals surface area contributed by atoms with Gasteiger partial charge in [-0.15, -0.1) is 5.10 Å². The number of aliphatic imine (C=N–C) groups is 1. The number of ether oxygens (including phenoxy) is 1. The molecule has 0 spiro atoms. The Morgan fingerprint density at radius 1 is 0.895 bits per heavy atom. The van der Waals surface area contributed by atoms with Crippen LogP contribution in [-0.2, 0) is 9.53 Å². The van der Waals surface area contributed by atoms with Gasteiger partial charge in [0.2, 0.25) is 12.1 Å². The molecule has 0 aliphatic carbocycles. The van der Waals surface area contributed by atoms with Crippen molar-refractivity contribution in [1.82, 2.24) is 20.2 Å². The van der Waals surface area contributed by atoms with Crippen molar-refractivity contribution in [3.8, 4) is 11.5 Å². The van der Waals surface area contributed by atoms with Crippen LogP contribution in [0.3, 0.4) is 0 Å². The first-order valence-electron chi connectivity index (χ1n) is 12.6. The van der Waals surface area contributed by atoms with Crippen LogP contribution in [0.25, 0.3) is 11.5 Å². The summed E-state index contributed by atoms with van der Waals surface area (Å²) in [4.78, 5) is 29.0. The summed E-state index contributed by atoms with van der Waals surface area (Å²) in [6.45, 7) is 1.59. The van der Waals surface area contributed by atoms with Gasteiger partial charge in [-0.3, -0.25) is 4.79 Å². The minimum Gasteiger partial charge on any atom is -0.403 e. The van der Waals surface area contributed by atoms with E-state index in [4.69, 9.17) is 14.1 Å². The van der Waals surface area contributed by atoms with Crippen molar-refractivity contribution in [2.75, 3.05) is 28.6 Å². The third kappa shape index (κ3) is 4.26. The van der Waals surface area contributed by atoms with Crippen LogP contribution in [0, 0.1) is 0 Å². The zero-order valence-corrected chi connectivity index (χ0v) is 20.3. The molecule has 4 aromatic rings. The maximum Gasteiger partial charge on any atom is 0.317 e. The predicted molar refractivity (Wildman–Crippen MR) is 140 cm³/mol. The van der Waals surface area contributed by atoms with E-state index >= 15 is 0 Å². The van der Waals surface area contributed by atoms with Gasteiger partial charge < -0.3 is 24.7 Å². The second-order valence-corrected chi connectivity index (χ2v) is 9.47. The molecule has 3 aliphatic heterocycles. The zero-order valence-electron chi connectivity index (χ0n) is 20.3. The molecule has 5 heterocycles. The molecule has 2 aromatic heterocycles. The van der Waals surface area contributed by atoms with Gasteiger partial charge in [0, 0.05) is 36.6 Å². The summed E-state index contributed by atoms with van der Waals surface area (Å²) in [5.41, 5.74) is 3.66. The van der Waals surface area contributed by atoms with Gasteiger partial charge in [0.05, 0.1) is 29.2 Å². The Morgan fingerprint density at radius 2 is 1.63 bits per heavy atom. The molecule has 190 valence electrons. The van der Waals surface area contributed by atoms with Crippen LogP contribution in [0.15, 0.2) is 76.4 Å². The van der Waals surface area contributed by atoms with E-state index in [9.17, 15) is 4.79 Å². The van der Waals surface area contributed by atoms with E-state index in [0.29, 0.717) is 22.9 Å². The molecule has 3 aliphatic rings. The van der Waals surface area contributed by atoms with Crippen molar-refractivity contribution < 1.29 is 13.9 Å². The molecule has 2 unspecified atom stereocenters. The number of rotatable bonds is 5. The zero-order chi connectivity index (χ0) is 25.5. The highest BCUT2D eigenvalue weighted by molar-refractivity contribution is 6.19. The molecule has 1 amide bonds. The van der Waals surface area contributed by atoms with Crippen LogP contribution in [0.2, 0.25) is 0 Å². The standard InChI is InChI=1S/C27H24N8O3/c36-24-23(31-22(16-6-2-1-3-7-16)20-8-4-5-9-21(20)30-24)32-27-34-33-25(38-27)17-12-28-26(29-13-17)35-14-18-10-11-19(15-35)37-18/h1-9,12-13,18-19,23H,10-11,14-15H2,(H,30,36)(H,32,34)/t18?,19?,23-/m1/s1. The van der Waals surface area contributed by atoms with Gasteiger partial charge >= 0.3 is 6.01 Å². The average molecular weight is 509 g/mol. The van der Waals surface area contributed by atoms with Gasteiger partial charge in [0.1, 0.15) is 0 Å². The third-order valence-corrected chi connectivity index (χ3v) is 6.89. The van der Waals surface area contributed by atoms with Gasteiger partial charge in [-0.05, 0) is 18.9 Å². The Bertz CT molecular complexity index is 1490. The number of carbonyl (C=O) groups excluding carboxylic acids is 1. The lowest BCUT2D eigenvalue weighted by atomic mass is 10.0. The molecule has 3 atom stereocenters. The Labute approximate surface area is 218 Å². The summed E-state index contributed by atoms with van der Waals surface area (Å²) >= 11 is 0. The summed E-state index contributed by atoms with van der Waals surface area (Å²) < 4.78 is 11.7. The number of hydrogen-bond acceptors (Lipinski definition) is 10. The Kier molecular flexibility index (Phi) is 5.54. The van der Waals surface area contributed by atoms with E-state index in [0.717, 1.165) is 37.1 Å². The summed E-state index contributed by atoms with van der Waals surface area (Å²) in [6.07, 6.45) is 5.01. The number of morpholine rings is 1. The normalized spacial score (nSPS) is 22.3. The second kappa shape index (κ2) is 9.34. The molecule has 2 fully saturated rings. The molecule has 7 rings (SSSR count). The number of hydrogen-bond donors (Lipinski definition) is 2. The number of nitrogens with zero attached hydrogens (tertiary/aromatic N) is 6. The fourth-order valence-corrected chi connectivity index (χ4v) is 5.07. The van der Waals surface area contributed by atoms with Crippen molar-refractivity contribution in [3.63, 3.8) is 0 Å². The van der Waals surface area contributed by atoms with Gasteiger partial charge in [0.25, 0.3) is 11.8 Å². The van der Waals surface area contributed by atoms with E-state index < -0.39 is 6.17 Å². The quantitative estimate of drug-likeness (QED) is 0.417. The van der Waals surface area contributed by atoms with Crippen LogP contribution in [0.5, 0.6) is 0 Å². The third-order valence-electron chi connectivity index (χ3n) is 6.89. The van der Waals surface area contributed by atoms with Crippen LogP contribution < -0.4 is 15.5 Å². The van der Waals surface area contributed by atoms with E-state index in [1.54, 1.807) is 12.4 Å². The summed E-state index contributed by atoms with van der Waals surface area (Å²) in [5.74, 6) is 0.560. The number of para-hydroxylation sites is 1. The van der Waals surface area contributed by atoms with Gasteiger partial charge in [0.15, 0.2) is 0 Å².